The average molecular weight is 642 g/mol. The van der Waals surface area contributed by atoms with Gasteiger partial charge in [-0.15, -0.1) is 0 Å². The Labute approximate surface area is 256 Å². The van der Waals surface area contributed by atoms with Crippen LogP contribution in [0.15, 0.2) is 30.5 Å². The minimum absolute atomic E-state index is 0.0194. The predicted molar refractivity (Wildman–Crippen MR) is 155 cm³/mol. The number of fused-ring (bicyclic) bond motifs is 1. The molecule has 2 aliphatic rings. The number of aromatic nitrogens is 3. The molecule has 2 aliphatic heterocycles. The molecule has 0 radical (unpaired) electrons. The Kier molecular flexibility index (Phi) is 9.13. The first kappa shape index (κ1) is 32.7. The lowest BCUT2D eigenvalue weighted by atomic mass is 9.88. The van der Waals surface area contributed by atoms with Crippen LogP contribution in [0.1, 0.15) is 43.9 Å². The molecule has 2 aromatic heterocycles. The largest absolute Gasteiger partial charge is 0.433 e. The molecule has 15 heteroatoms. The van der Waals surface area contributed by atoms with Gasteiger partial charge in [0.1, 0.15) is 23.8 Å². The summed E-state index contributed by atoms with van der Waals surface area (Å²) in [6.07, 6.45) is -6.48. The fourth-order valence-corrected chi connectivity index (χ4v) is 5.61. The van der Waals surface area contributed by atoms with Crippen molar-refractivity contribution in [1.29, 1.82) is 0 Å². The Bertz CT molecular complexity index is 1530. The molecule has 3 aromatic rings. The van der Waals surface area contributed by atoms with Crippen LogP contribution in [0.25, 0.3) is 11.3 Å². The summed E-state index contributed by atoms with van der Waals surface area (Å²) in [5.74, 6) is -3.63. The van der Waals surface area contributed by atoms with Crippen molar-refractivity contribution in [3.8, 4) is 17.0 Å². The highest BCUT2D eigenvalue weighted by Crippen LogP contribution is 2.44. The number of benzene rings is 1. The number of anilines is 3. The fraction of sp³-hybridized carbons (Fsp3) is 0.500. The van der Waals surface area contributed by atoms with Gasteiger partial charge in [0.15, 0.2) is 17.4 Å². The smallest absolute Gasteiger partial charge is 0.426 e. The summed E-state index contributed by atoms with van der Waals surface area (Å²) in [6.45, 7) is 5.46. The third kappa shape index (κ3) is 7.40. The fourth-order valence-electron chi connectivity index (χ4n) is 5.61. The van der Waals surface area contributed by atoms with E-state index in [0.717, 1.165) is 25.4 Å². The second kappa shape index (κ2) is 12.6. The molecule has 0 unspecified atom stereocenters. The topological polar surface area (TPSA) is 69.7 Å². The average Bonchev–Trinajstić information content (AvgIpc) is 2.96. The summed E-state index contributed by atoms with van der Waals surface area (Å²) in [4.78, 5) is 17.2. The second-order valence-corrected chi connectivity index (χ2v) is 11.8. The van der Waals surface area contributed by atoms with E-state index in [1.807, 2.05) is 14.1 Å². The number of nitrogens with one attached hydrogen (secondary N) is 1. The molecule has 0 spiro atoms. The molecule has 8 nitrogen and oxygen atoms in total. The minimum atomic E-state index is -4.73. The van der Waals surface area contributed by atoms with Gasteiger partial charge >= 0.3 is 12.3 Å². The van der Waals surface area contributed by atoms with Gasteiger partial charge in [-0.05, 0) is 83.6 Å². The Balaban J connectivity index is 1.41. The molecule has 0 saturated carbocycles. The number of likely N-dealkylation sites (tertiary alicyclic amines) is 1. The van der Waals surface area contributed by atoms with Crippen LogP contribution in [0.4, 0.5) is 48.2 Å². The van der Waals surface area contributed by atoms with Crippen molar-refractivity contribution in [3.05, 3.63) is 53.4 Å². The molecule has 4 heterocycles. The SMILES string of the molecule is CC(C)N1CC(F)(F)Oc2c(F)cc(-c3nc(Nc4ccc(C5CCN(CCN(C)C)CC5)c(C(F)(F)F)n4)ncc3F)cc21. The number of halogens is 7. The highest BCUT2D eigenvalue weighted by Gasteiger charge is 2.43. The first-order valence-corrected chi connectivity index (χ1v) is 14.5. The number of hydrogen-bond donors (Lipinski definition) is 1. The number of likely N-dealkylation sites (N-methyl/N-ethyl adjacent to an activating group) is 1. The molecule has 0 aliphatic carbocycles. The Morgan fingerprint density at radius 3 is 2.42 bits per heavy atom. The number of hydrogen-bond acceptors (Lipinski definition) is 8. The normalized spacial score (nSPS) is 17.5. The van der Waals surface area contributed by atoms with Gasteiger partial charge in [-0.2, -0.15) is 22.0 Å². The van der Waals surface area contributed by atoms with E-state index >= 15 is 4.39 Å². The standard InChI is InChI=1S/C30H34F7N7O/c1-17(2)44-16-29(33,34)45-26-21(31)13-19(14-23(26)44)25-22(32)15-38-28(41-25)40-24-6-5-20(27(39-24)30(35,36)37)18-7-9-43(10-8-18)12-11-42(3)4/h5-6,13-15,17-18H,7-12,16H2,1-4H3,(H,38,39,40,41). The first-order valence-electron chi connectivity index (χ1n) is 14.5. The molecule has 1 saturated heterocycles. The molecule has 0 bridgehead atoms. The van der Waals surface area contributed by atoms with Crippen LogP contribution in [0.2, 0.25) is 0 Å². The molecule has 45 heavy (non-hydrogen) atoms. The number of ether oxygens (including phenoxy) is 1. The number of piperidine rings is 1. The Morgan fingerprint density at radius 1 is 1.07 bits per heavy atom. The van der Waals surface area contributed by atoms with Crippen molar-refractivity contribution < 1.29 is 35.5 Å². The summed E-state index contributed by atoms with van der Waals surface area (Å²) in [5.41, 5.74) is -1.44. The van der Waals surface area contributed by atoms with Gasteiger partial charge in [0, 0.05) is 24.7 Å². The van der Waals surface area contributed by atoms with E-state index in [9.17, 15) is 26.3 Å². The van der Waals surface area contributed by atoms with Crippen LogP contribution in [-0.4, -0.2) is 83.7 Å². The molecule has 1 fully saturated rings. The summed E-state index contributed by atoms with van der Waals surface area (Å²) in [5, 5.41) is 2.59. The van der Waals surface area contributed by atoms with Crippen molar-refractivity contribution in [1.82, 2.24) is 24.8 Å². The summed E-state index contributed by atoms with van der Waals surface area (Å²) >= 11 is 0. The lowest BCUT2D eigenvalue weighted by Crippen LogP contribution is -2.48. The maximum Gasteiger partial charge on any atom is 0.433 e. The minimum Gasteiger partial charge on any atom is -0.426 e. The lowest BCUT2D eigenvalue weighted by molar-refractivity contribution is -0.174. The maximum atomic E-state index is 15.0. The molecule has 0 atom stereocenters. The van der Waals surface area contributed by atoms with Crippen molar-refractivity contribution in [2.75, 3.05) is 57.0 Å². The summed E-state index contributed by atoms with van der Waals surface area (Å²) < 4.78 is 105. The molecule has 1 N–H and O–H groups in total. The number of rotatable bonds is 8. The van der Waals surface area contributed by atoms with E-state index in [4.69, 9.17) is 0 Å². The van der Waals surface area contributed by atoms with Gasteiger partial charge in [-0.1, -0.05) is 6.07 Å². The first-order chi connectivity index (χ1) is 21.1. The van der Waals surface area contributed by atoms with Crippen molar-refractivity contribution in [2.45, 2.75) is 50.9 Å². The van der Waals surface area contributed by atoms with Gasteiger partial charge in [0.2, 0.25) is 5.95 Å². The third-order valence-electron chi connectivity index (χ3n) is 7.91. The molecular weight excluding hydrogens is 607 g/mol. The maximum absolute atomic E-state index is 15.0. The van der Waals surface area contributed by atoms with Crippen molar-refractivity contribution in [2.24, 2.45) is 0 Å². The van der Waals surface area contributed by atoms with Gasteiger partial charge < -0.3 is 24.8 Å². The zero-order valence-corrected chi connectivity index (χ0v) is 25.2. The Morgan fingerprint density at radius 2 is 1.78 bits per heavy atom. The number of pyridine rings is 1. The molecular formula is C30H34F7N7O. The van der Waals surface area contributed by atoms with E-state index in [-0.39, 0.29) is 34.5 Å². The van der Waals surface area contributed by atoms with E-state index < -0.39 is 53.6 Å². The predicted octanol–water partition coefficient (Wildman–Crippen LogP) is 6.52. The van der Waals surface area contributed by atoms with Crippen LogP contribution in [-0.2, 0) is 6.18 Å². The van der Waals surface area contributed by atoms with Crippen LogP contribution in [0.5, 0.6) is 5.75 Å². The number of alkyl halides is 5. The quantitative estimate of drug-likeness (QED) is 0.279. The van der Waals surface area contributed by atoms with Crippen molar-refractivity contribution in [3.63, 3.8) is 0 Å². The van der Waals surface area contributed by atoms with E-state index in [1.54, 1.807) is 13.8 Å². The monoisotopic (exact) mass is 641 g/mol. The van der Waals surface area contributed by atoms with E-state index in [0.29, 0.717) is 25.9 Å². The van der Waals surface area contributed by atoms with Gasteiger partial charge in [0.25, 0.3) is 0 Å². The molecule has 244 valence electrons. The van der Waals surface area contributed by atoms with Crippen LogP contribution in [0.3, 0.4) is 0 Å². The van der Waals surface area contributed by atoms with Crippen LogP contribution >= 0.6 is 0 Å². The highest BCUT2D eigenvalue weighted by atomic mass is 19.4. The molecule has 1 aromatic carbocycles. The lowest BCUT2D eigenvalue weighted by Gasteiger charge is -2.38. The third-order valence-corrected chi connectivity index (χ3v) is 7.91. The van der Waals surface area contributed by atoms with Crippen molar-refractivity contribution >= 4 is 17.5 Å². The summed E-state index contributed by atoms with van der Waals surface area (Å²) in [6, 6.07) is 4.36. The molecule has 0 amide bonds. The number of nitrogens with zero attached hydrogens (tertiary/aromatic N) is 6. The zero-order chi connectivity index (χ0) is 32.7. The van der Waals surface area contributed by atoms with Crippen LogP contribution in [0, 0.1) is 11.6 Å². The Hall–Kier alpha value is -3.72. The highest BCUT2D eigenvalue weighted by molar-refractivity contribution is 5.73. The van der Waals surface area contributed by atoms with E-state index in [2.05, 4.69) is 34.8 Å². The van der Waals surface area contributed by atoms with Gasteiger partial charge in [0.05, 0.1) is 11.9 Å². The van der Waals surface area contributed by atoms with Gasteiger partial charge in [-0.25, -0.2) is 23.7 Å². The second-order valence-electron chi connectivity index (χ2n) is 11.8. The van der Waals surface area contributed by atoms with E-state index in [1.165, 1.54) is 23.1 Å². The summed E-state index contributed by atoms with van der Waals surface area (Å²) in [7, 11) is 3.94. The van der Waals surface area contributed by atoms with Crippen LogP contribution < -0.4 is 15.0 Å². The van der Waals surface area contributed by atoms with Gasteiger partial charge in [-0.3, -0.25) is 0 Å². The zero-order valence-electron chi connectivity index (χ0n) is 25.2. The molecule has 5 rings (SSSR count).